The Kier molecular flexibility index (Phi) is 4.28. The Bertz CT molecular complexity index is 459. The van der Waals surface area contributed by atoms with Gasteiger partial charge in [-0.1, -0.05) is 60.7 Å². The van der Waals surface area contributed by atoms with Gasteiger partial charge < -0.3 is 5.73 Å². The lowest BCUT2D eigenvalue weighted by Crippen LogP contribution is -2.43. The Hall–Kier alpha value is -1.91. The molecule has 4 heteroatoms. The fraction of sp³-hybridized carbons (Fsp3) is 0.0714. The molecule has 0 saturated carbocycles. The topological polar surface area (TPSA) is 50.1 Å². The van der Waals surface area contributed by atoms with Crippen molar-refractivity contribution in [2.24, 2.45) is 5.73 Å². The van der Waals surface area contributed by atoms with Gasteiger partial charge in [0.15, 0.2) is 5.11 Å². The summed E-state index contributed by atoms with van der Waals surface area (Å²) in [6.45, 7) is 0. The van der Waals surface area contributed by atoms with E-state index in [1.54, 1.807) is 0 Å². The largest absolute Gasteiger partial charge is 0.375 e. The zero-order valence-electron chi connectivity index (χ0n) is 9.84. The molecule has 92 valence electrons. The Morgan fingerprint density at radius 2 is 1.33 bits per heavy atom. The van der Waals surface area contributed by atoms with Crippen molar-refractivity contribution in [3.05, 3.63) is 71.8 Å². The third-order valence-electron chi connectivity index (χ3n) is 2.61. The maximum Gasteiger partial charge on any atom is 0.178 e. The third-order valence-corrected chi connectivity index (χ3v) is 2.71. The molecule has 0 radical (unpaired) electrons. The standard InChI is InChI=1S/C14H15N3S/c15-14(18)17-16-13(11-7-3-1-4-8-11)12-9-5-2-6-10-12/h1-10,13,16H,(H3,15,17,18). The van der Waals surface area contributed by atoms with Gasteiger partial charge in [0.1, 0.15) is 0 Å². The van der Waals surface area contributed by atoms with Crippen LogP contribution in [0.4, 0.5) is 0 Å². The first-order chi connectivity index (χ1) is 8.77. The number of nitrogens with one attached hydrogen (secondary N) is 2. The average Bonchev–Trinajstić information content (AvgIpc) is 2.41. The van der Waals surface area contributed by atoms with Crippen LogP contribution in [0, 0.1) is 0 Å². The number of hydrogen-bond donors (Lipinski definition) is 3. The smallest absolute Gasteiger partial charge is 0.178 e. The fourth-order valence-corrected chi connectivity index (χ4v) is 1.85. The monoisotopic (exact) mass is 257 g/mol. The van der Waals surface area contributed by atoms with Gasteiger partial charge in [-0.3, -0.25) is 5.43 Å². The zero-order valence-corrected chi connectivity index (χ0v) is 10.7. The highest BCUT2D eigenvalue weighted by Crippen LogP contribution is 2.20. The first kappa shape index (κ1) is 12.5. The van der Waals surface area contributed by atoms with Crippen molar-refractivity contribution in [2.45, 2.75) is 6.04 Å². The second-order valence-corrected chi connectivity index (χ2v) is 4.33. The van der Waals surface area contributed by atoms with Crippen LogP contribution in [0.5, 0.6) is 0 Å². The summed E-state index contributed by atoms with van der Waals surface area (Å²) in [6, 6.07) is 20.3. The molecule has 2 rings (SSSR count). The Morgan fingerprint density at radius 3 is 1.72 bits per heavy atom. The van der Waals surface area contributed by atoms with Gasteiger partial charge in [0.25, 0.3) is 0 Å². The highest BCUT2D eigenvalue weighted by Gasteiger charge is 2.12. The Morgan fingerprint density at radius 1 is 0.889 bits per heavy atom. The van der Waals surface area contributed by atoms with Crippen LogP contribution in [0.1, 0.15) is 17.2 Å². The van der Waals surface area contributed by atoms with Crippen molar-refractivity contribution in [3.8, 4) is 0 Å². The van der Waals surface area contributed by atoms with Gasteiger partial charge in [-0.2, -0.15) is 0 Å². The number of rotatable bonds is 4. The summed E-state index contributed by atoms with van der Waals surface area (Å²) >= 11 is 4.82. The van der Waals surface area contributed by atoms with Crippen molar-refractivity contribution < 1.29 is 0 Å². The van der Waals surface area contributed by atoms with Crippen molar-refractivity contribution in [1.82, 2.24) is 10.9 Å². The van der Waals surface area contributed by atoms with Crippen LogP contribution in [0.15, 0.2) is 60.7 Å². The van der Waals surface area contributed by atoms with Gasteiger partial charge in [0, 0.05) is 0 Å². The van der Waals surface area contributed by atoms with E-state index in [2.05, 4.69) is 35.1 Å². The lowest BCUT2D eigenvalue weighted by atomic mass is 9.99. The van der Waals surface area contributed by atoms with E-state index in [1.807, 2.05) is 36.4 Å². The SMILES string of the molecule is NC(=S)NNC(c1ccccc1)c1ccccc1. The molecule has 0 unspecified atom stereocenters. The number of hydrogen-bond acceptors (Lipinski definition) is 2. The quantitative estimate of drug-likeness (QED) is 0.580. The fourth-order valence-electron chi connectivity index (χ4n) is 1.79. The van der Waals surface area contributed by atoms with E-state index >= 15 is 0 Å². The minimum absolute atomic E-state index is 0.00824. The molecule has 0 atom stereocenters. The molecule has 3 nitrogen and oxygen atoms in total. The molecule has 0 fully saturated rings. The Labute approximate surface area is 112 Å². The van der Waals surface area contributed by atoms with E-state index in [9.17, 15) is 0 Å². The molecule has 0 aliphatic carbocycles. The molecule has 0 aliphatic rings. The van der Waals surface area contributed by atoms with Gasteiger partial charge in [-0.15, -0.1) is 0 Å². The van der Waals surface area contributed by atoms with Gasteiger partial charge in [0.2, 0.25) is 0 Å². The predicted octanol–water partition coefficient (Wildman–Crippen LogP) is 2.11. The number of benzene rings is 2. The molecule has 0 heterocycles. The zero-order chi connectivity index (χ0) is 12.8. The summed E-state index contributed by atoms with van der Waals surface area (Å²) in [5, 5.41) is 0.229. The molecule has 0 spiro atoms. The van der Waals surface area contributed by atoms with E-state index in [0.717, 1.165) is 11.1 Å². The second-order valence-electron chi connectivity index (χ2n) is 3.89. The summed E-state index contributed by atoms with van der Waals surface area (Å²) in [5.74, 6) is 0. The van der Waals surface area contributed by atoms with Crippen LogP contribution < -0.4 is 16.6 Å². The number of nitrogens with two attached hydrogens (primary N) is 1. The van der Waals surface area contributed by atoms with E-state index in [-0.39, 0.29) is 11.2 Å². The van der Waals surface area contributed by atoms with Gasteiger partial charge in [-0.25, -0.2) is 5.43 Å². The third kappa shape index (κ3) is 3.29. The van der Waals surface area contributed by atoms with Crippen molar-refractivity contribution in [3.63, 3.8) is 0 Å². The van der Waals surface area contributed by atoms with Crippen LogP contribution in [-0.4, -0.2) is 5.11 Å². The highest BCUT2D eigenvalue weighted by molar-refractivity contribution is 7.80. The van der Waals surface area contributed by atoms with Gasteiger partial charge in [0.05, 0.1) is 6.04 Å². The molecule has 0 amide bonds. The van der Waals surface area contributed by atoms with Crippen LogP contribution >= 0.6 is 12.2 Å². The lowest BCUT2D eigenvalue weighted by molar-refractivity contribution is 0.574. The second kappa shape index (κ2) is 6.14. The van der Waals surface area contributed by atoms with Crippen LogP contribution in [0.25, 0.3) is 0 Å². The van der Waals surface area contributed by atoms with Crippen LogP contribution in [0.2, 0.25) is 0 Å². The molecule has 2 aromatic rings. The summed E-state index contributed by atoms with van der Waals surface area (Å²) in [6.07, 6.45) is 0. The van der Waals surface area contributed by atoms with E-state index in [1.165, 1.54) is 0 Å². The maximum absolute atomic E-state index is 5.45. The van der Waals surface area contributed by atoms with Gasteiger partial charge in [-0.05, 0) is 23.3 Å². The Balaban J connectivity index is 2.26. The van der Waals surface area contributed by atoms with Crippen LogP contribution in [-0.2, 0) is 0 Å². The number of thiocarbonyl (C=S) groups is 1. The average molecular weight is 257 g/mol. The molecular weight excluding hydrogens is 242 g/mol. The van der Waals surface area contributed by atoms with E-state index in [0.29, 0.717) is 0 Å². The van der Waals surface area contributed by atoms with Crippen molar-refractivity contribution in [1.29, 1.82) is 0 Å². The lowest BCUT2D eigenvalue weighted by Gasteiger charge is -2.20. The molecule has 0 saturated heterocycles. The molecule has 18 heavy (non-hydrogen) atoms. The first-order valence-corrected chi connectivity index (χ1v) is 6.09. The van der Waals surface area contributed by atoms with E-state index < -0.39 is 0 Å². The molecule has 0 aromatic heterocycles. The van der Waals surface area contributed by atoms with Gasteiger partial charge >= 0.3 is 0 Å². The summed E-state index contributed by atoms with van der Waals surface area (Å²) in [7, 11) is 0. The van der Waals surface area contributed by atoms with Crippen molar-refractivity contribution in [2.75, 3.05) is 0 Å². The molecule has 0 aliphatic heterocycles. The maximum atomic E-state index is 5.45. The minimum Gasteiger partial charge on any atom is -0.375 e. The predicted molar refractivity (Wildman–Crippen MR) is 77.8 cm³/mol. The minimum atomic E-state index is 0.00824. The molecule has 4 N–H and O–H groups in total. The highest BCUT2D eigenvalue weighted by atomic mass is 32.1. The summed E-state index contributed by atoms with van der Waals surface area (Å²) in [5.41, 5.74) is 13.7. The number of hydrazine groups is 1. The van der Waals surface area contributed by atoms with Crippen LogP contribution in [0.3, 0.4) is 0 Å². The molecule has 0 bridgehead atoms. The summed E-state index contributed by atoms with van der Waals surface area (Å²) in [4.78, 5) is 0. The van der Waals surface area contributed by atoms with Crippen molar-refractivity contribution >= 4 is 17.3 Å². The first-order valence-electron chi connectivity index (χ1n) is 5.68. The normalized spacial score (nSPS) is 10.3. The molecular formula is C14H15N3S. The molecule has 2 aromatic carbocycles. The van der Waals surface area contributed by atoms with E-state index in [4.69, 9.17) is 18.0 Å². The summed E-state index contributed by atoms with van der Waals surface area (Å²) < 4.78 is 0.